The first-order chi connectivity index (χ1) is 8.62. The quantitative estimate of drug-likeness (QED) is 0.900. The van der Waals surface area contributed by atoms with Crippen molar-refractivity contribution in [1.82, 2.24) is 5.32 Å². The fourth-order valence-electron chi connectivity index (χ4n) is 1.29. The number of rotatable bonds is 3. The molecule has 1 aromatic carbocycles. The number of carboxylic acid groups (broad SMARTS) is 1. The molecule has 1 aromatic rings. The summed E-state index contributed by atoms with van der Waals surface area (Å²) in [7, 11) is 0. The van der Waals surface area contributed by atoms with Gasteiger partial charge in [-0.05, 0) is 25.1 Å². The number of hydrogen-bond donors (Lipinski definition) is 2. The number of benzene rings is 1. The van der Waals surface area contributed by atoms with Crippen molar-refractivity contribution < 1.29 is 27.9 Å². The van der Waals surface area contributed by atoms with Gasteiger partial charge in [-0.3, -0.25) is 9.59 Å². The van der Waals surface area contributed by atoms with E-state index in [9.17, 15) is 22.8 Å². The summed E-state index contributed by atoms with van der Waals surface area (Å²) >= 11 is 5.46. The summed E-state index contributed by atoms with van der Waals surface area (Å²) in [6, 6.07) is 1.33. The molecule has 0 saturated carbocycles. The van der Waals surface area contributed by atoms with Gasteiger partial charge in [0, 0.05) is 5.02 Å². The van der Waals surface area contributed by atoms with E-state index in [-0.39, 0.29) is 5.02 Å². The van der Waals surface area contributed by atoms with Gasteiger partial charge in [-0.15, -0.1) is 0 Å². The van der Waals surface area contributed by atoms with Crippen LogP contribution in [-0.2, 0) is 11.0 Å². The SMILES string of the molecule is C[C@@H](NC(=O)c1ccc(Cl)cc1C(F)(F)F)C(=O)O. The van der Waals surface area contributed by atoms with Gasteiger partial charge in [-0.25, -0.2) is 0 Å². The van der Waals surface area contributed by atoms with E-state index in [1.165, 1.54) is 0 Å². The molecule has 0 saturated heterocycles. The van der Waals surface area contributed by atoms with E-state index in [0.717, 1.165) is 19.1 Å². The van der Waals surface area contributed by atoms with Gasteiger partial charge in [0.05, 0.1) is 11.1 Å². The molecular weight excluding hydrogens is 287 g/mol. The summed E-state index contributed by atoms with van der Waals surface area (Å²) in [5.74, 6) is -2.48. The summed E-state index contributed by atoms with van der Waals surface area (Å²) < 4.78 is 38.2. The summed E-state index contributed by atoms with van der Waals surface area (Å²) in [6.07, 6.45) is -4.76. The maximum absolute atomic E-state index is 12.7. The van der Waals surface area contributed by atoms with Crippen LogP contribution < -0.4 is 5.32 Å². The van der Waals surface area contributed by atoms with Crippen molar-refractivity contribution in [3.8, 4) is 0 Å². The van der Waals surface area contributed by atoms with E-state index < -0.39 is 35.2 Å². The highest BCUT2D eigenvalue weighted by Gasteiger charge is 2.35. The number of hydrogen-bond acceptors (Lipinski definition) is 2. The molecule has 0 spiro atoms. The van der Waals surface area contributed by atoms with Gasteiger partial charge in [0.2, 0.25) is 0 Å². The molecule has 4 nitrogen and oxygen atoms in total. The topological polar surface area (TPSA) is 66.4 Å². The number of carboxylic acids is 1. The maximum Gasteiger partial charge on any atom is 0.417 e. The number of halogens is 4. The minimum atomic E-state index is -4.76. The van der Waals surface area contributed by atoms with Crippen LogP contribution in [0.3, 0.4) is 0 Å². The molecular formula is C11H9ClF3NO3. The Kier molecular flexibility index (Phi) is 4.41. The highest BCUT2D eigenvalue weighted by atomic mass is 35.5. The number of carbonyl (C=O) groups excluding carboxylic acids is 1. The van der Waals surface area contributed by atoms with Gasteiger partial charge in [0.15, 0.2) is 0 Å². The van der Waals surface area contributed by atoms with E-state index >= 15 is 0 Å². The molecule has 2 N–H and O–H groups in total. The summed E-state index contributed by atoms with van der Waals surface area (Å²) in [5.41, 5.74) is -1.89. The minimum absolute atomic E-state index is 0.171. The van der Waals surface area contributed by atoms with Crippen LogP contribution >= 0.6 is 11.6 Å². The molecule has 1 rings (SSSR count). The third kappa shape index (κ3) is 3.85. The molecule has 19 heavy (non-hydrogen) atoms. The number of aliphatic carboxylic acids is 1. The molecule has 104 valence electrons. The van der Waals surface area contributed by atoms with Crippen LogP contribution in [0.4, 0.5) is 13.2 Å². The van der Waals surface area contributed by atoms with Crippen molar-refractivity contribution in [2.45, 2.75) is 19.1 Å². The lowest BCUT2D eigenvalue weighted by atomic mass is 10.1. The third-order valence-electron chi connectivity index (χ3n) is 2.25. The highest BCUT2D eigenvalue weighted by molar-refractivity contribution is 6.30. The fraction of sp³-hybridized carbons (Fsp3) is 0.273. The largest absolute Gasteiger partial charge is 0.480 e. The standard InChI is InChI=1S/C11H9ClF3NO3/c1-5(10(18)19)16-9(17)7-3-2-6(12)4-8(7)11(13,14)15/h2-5H,1H3,(H,16,17)(H,18,19)/t5-/m1/s1. The fourth-order valence-corrected chi connectivity index (χ4v) is 1.46. The number of alkyl halides is 3. The average Bonchev–Trinajstić information content (AvgIpc) is 2.27. The zero-order valence-electron chi connectivity index (χ0n) is 9.58. The average molecular weight is 296 g/mol. The Morgan fingerprint density at radius 3 is 2.42 bits per heavy atom. The van der Waals surface area contributed by atoms with Crippen LogP contribution in [-0.4, -0.2) is 23.0 Å². The van der Waals surface area contributed by atoms with E-state index in [1.807, 2.05) is 5.32 Å². The molecule has 0 fully saturated rings. The van der Waals surface area contributed by atoms with Gasteiger partial charge in [-0.2, -0.15) is 13.2 Å². The van der Waals surface area contributed by atoms with Gasteiger partial charge in [0.1, 0.15) is 6.04 Å². The molecule has 0 aliphatic rings. The monoisotopic (exact) mass is 295 g/mol. The number of carbonyl (C=O) groups is 2. The van der Waals surface area contributed by atoms with E-state index in [0.29, 0.717) is 6.07 Å². The minimum Gasteiger partial charge on any atom is -0.480 e. The van der Waals surface area contributed by atoms with Crippen molar-refractivity contribution in [2.75, 3.05) is 0 Å². The Hall–Kier alpha value is -1.76. The summed E-state index contributed by atoms with van der Waals surface area (Å²) in [5, 5.41) is 10.4. The van der Waals surface area contributed by atoms with Crippen LogP contribution in [0.1, 0.15) is 22.8 Å². The van der Waals surface area contributed by atoms with Crippen LogP contribution in [0.15, 0.2) is 18.2 Å². The first kappa shape index (κ1) is 15.3. The second-order valence-electron chi connectivity index (χ2n) is 3.72. The van der Waals surface area contributed by atoms with E-state index in [4.69, 9.17) is 16.7 Å². The van der Waals surface area contributed by atoms with Crippen molar-refractivity contribution in [3.63, 3.8) is 0 Å². The lowest BCUT2D eigenvalue weighted by Crippen LogP contribution is -2.39. The highest BCUT2D eigenvalue weighted by Crippen LogP contribution is 2.33. The molecule has 0 aromatic heterocycles. The third-order valence-corrected chi connectivity index (χ3v) is 2.48. The Morgan fingerprint density at radius 2 is 1.95 bits per heavy atom. The molecule has 8 heteroatoms. The Labute approximate surface area is 111 Å². The van der Waals surface area contributed by atoms with Gasteiger partial charge < -0.3 is 10.4 Å². The van der Waals surface area contributed by atoms with Crippen molar-refractivity contribution in [1.29, 1.82) is 0 Å². The second kappa shape index (κ2) is 5.48. The predicted molar refractivity (Wildman–Crippen MR) is 61.0 cm³/mol. The molecule has 0 unspecified atom stereocenters. The van der Waals surface area contributed by atoms with Crippen LogP contribution in [0.25, 0.3) is 0 Å². The van der Waals surface area contributed by atoms with Crippen LogP contribution in [0.5, 0.6) is 0 Å². The molecule has 1 amide bonds. The van der Waals surface area contributed by atoms with Crippen LogP contribution in [0, 0.1) is 0 Å². The number of amides is 1. The normalized spacial score (nSPS) is 12.9. The number of nitrogens with one attached hydrogen (secondary N) is 1. The second-order valence-corrected chi connectivity index (χ2v) is 4.16. The lowest BCUT2D eigenvalue weighted by molar-refractivity contribution is -0.138. The first-order valence-corrected chi connectivity index (χ1v) is 5.41. The predicted octanol–water partition coefficient (Wildman–Crippen LogP) is 2.56. The van der Waals surface area contributed by atoms with Gasteiger partial charge in [0.25, 0.3) is 5.91 Å². The summed E-state index contributed by atoms with van der Waals surface area (Å²) in [6.45, 7) is 1.14. The van der Waals surface area contributed by atoms with E-state index in [2.05, 4.69) is 0 Å². The Balaban J connectivity index is 3.13. The zero-order valence-corrected chi connectivity index (χ0v) is 10.3. The van der Waals surface area contributed by atoms with Gasteiger partial charge in [-0.1, -0.05) is 11.6 Å². The van der Waals surface area contributed by atoms with Crippen molar-refractivity contribution in [2.24, 2.45) is 0 Å². The Morgan fingerprint density at radius 1 is 1.37 bits per heavy atom. The molecule has 0 aliphatic carbocycles. The smallest absolute Gasteiger partial charge is 0.417 e. The lowest BCUT2D eigenvalue weighted by Gasteiger charge is -2.14. The maximum atomic E-state index is 12.7. The molecule has 1 atom stereocenters. The molecule has 0 heterocycles. The van der Waals surface area contributed by atoms with Crippen molar-refractivity contribution in [3.05, 3.63) is 34.3 Å². The van der Waals surface area contributed by atoms with Crippen molar-refractivity contribution >= 4 is 23.5 Å². The van der Waals surface area contributed by atoms with Crippen LogP contribution in [0.2, 0.25) is 5.02 Å². The van der Waals surface area contributed by atoms with E-state index in [1.54, 1.807) is 0 Å². The zero-order chi connectivity index (χ0) is 14.8. The van der Waals surface area contributed by atoms with Gasteiger partial charge >= 0.3 is 12.1 Å². The summed E-state index contributed by atoms with van der Waals surface area (Å²) in [4.78, 5) is 22.2. The molecule has 0 bridgehead atoms. The molecule has 0 aliphatic heterocycles. The first-order valence-electron chi connectivity index (χ1n) is 5.03. The Bertz CT molecular complexity index is 516. The molecule has 0 radical (unpaired) electrons.